The molecule has 0 bridgehead atoms. The molecule has 0 saturated heterocycles. The molecule has 2 nitrogen and oxygen atoms in total. The number of thiocarbonyl (C=S) groups is 1. The molecular formula is C18H31NOS2Si. The number of benzene rings is 1. The third-order valence-electron chi connectivity index (χ3n) is 4.49. The molecule has 0 radical (unpaired) electrons. The average molecular weight is 370 g/mol. The summed E-state index contributed by atoms with van der Waals surface area (Å²) in [7, 11) is -1.76. The van der Waals surface area contributed by atoms with Crippen molar-refractivity contribution in [3.8, 4) is 5.75 Å². The standard InChI is InChI=1S/C18H31NOS2Si/c1-8-19(9-2)17(21)22-14-15-10-12-16(13-11-15)20-23(6,7)18(3,4)5/h10-13H,8-9,14H2,1-7H3. The highest BCUT2D eigenvalue weighted by molar-refractivity contribution is 8.22. The maximum Gasteiger partial charge on any atom is 0.250 e. The number of hydrogen-bond acceptors (Lipinski definition) is 3. The van der Waals surface area contributed by atoms with Gasteiger partial charge in [-0.2, -0.15) is 0 Å². The Morgan fingerprint density at radius 1 is 1.13 bits per heavy atom. The fourth-order valence-corrected chi connectivity index (χ4v) is 4.21. The summed E-state index contributed by atoms with van der Waals surface area (Å²) in [5, 5.41) is 0.220. The lowest BCUT2D eigenvalue weighted by Gasteiger charge is -2.36. The lowest BCUT2D eigenvalue weighted by atomic mass is 10.2. The van der Waals surface area contributed by atoms with Gasteiger partial charge in [0.15, 0.2) is 0 Å². The van der Waals surface area contributed by atoms with Crippen LogP contribution in [0.5, 0.6) is 5.75 Å². The Hall–Kier alpha value is -0.523. The normalized spacial score (nSPS) is 12.1. The van der Waals surface area contributed by atoms with Gasteiger partial charge in [0.1, 0.15) is 10.1 Å². The summed E-state index contributed by atoms with van der Waals surface area (Å²) in [6, 6.07) is 8.49. The smallest absolute Gasteiger partial charge is 0.250 e. The molecule has 0 aliphatic rings. The van der Waals surface area contributed by atoms with Gasteiger partial charge in [-0.3, -0.25) is 0 Å². The topological polar surface area (TPSA) is 12.5 Å². The summed E-state index contributed by atoms with van der Waals surface area (Å²) in [4.78, 5) is 2.22. The van der Waals surface area contributed by atoms with E-state index in [0.29, 0.717) is 0 Å². The second-order valence-corrected chi connectivity index (χ2v) is 13.6. The molecule has 0 atom stereocenters. The van der Waals surface area contributed by atoms with Crippen LogP contribution in [0.3, 0.4) is 0 Å². The molecule has 0 fully saturated rings. The Morgan fingerprint density at radius 3 is 2.09 bits per heavy atom. The molecule has 0 saturated carbocycles. The molecule has 23 heavy (non-hydrogen) atoms. The second-order valence-electron chi connectivity index (χ2n) is 7.23. The van der Waals surface area contributed by atoms with Crippen molar-refractivity contribution in [3.63, 3.8) is 0 Å². The third kappa shape index (κ3) is 6.12. The van der Waals surface area contributed by atoms with E-state index in [9.17, 15) is 0 Å². The Bertz CT molecular complexity index is 505. The Labute approximate surface area is 153 Å². The van der Waals surface area contributed by atoms with E-state index in [0.717, 1.165) is 28.9 Å². The number of nitrogens with zero attached hydrogens (tertiary/aromatic N) is 1. The summed E-state index contributed by atoms with van der Waals surface area (Å²) in [6.45, 7) is 17.6. The Balaban J connectivity index is 2.62. The first-order chi connectivity index (χ1) is 10.6. The molecular weight excluding hydrogens is 338 g/mol. The van der Waals surface area contributed by atoms with Crippen LogP contribution < -0.4 is 4.43 Å². The van der Waals surface area contributed by atoms with Crippen LogP contribution in [-0.4, -0.2) is 30.6 Å². The molecule has 0 heterocycles. The van der Waals surface area contributed by atoms with E-state index in [1.807, 2.05) is 0 Å². The molecule has 0 aliphatic heterocycles. The minimum absolute atomic E-state index is 0.220. The van der Waals surface area contributed by atoms with Crippen molar-refractivity contribution in [1.82, 2.24) is 4.90 Å². The molecule has 0 amide bonds. The molecule has 0 unspecified atom stereocenters. The van der Waals surface area contributed by atoms with Crippen molar-refractivity contribution < 1.29 is 4.43 Å². The van der Waals surface area contributed by atoms with Gasteiger partial charge < -0.3 is 9.33 Å². The van der Waals surface area contributed by atoms with Gasteiger partial charge >= 0.3 is 0 Å². The predicted octanol–water partition coefficient (Wildman–Crippen LogP) is 5.93. The van der Waals surface area contributed by atoms with Crippen LogP contribution in [0.2, 0.25) is 18.1 Å². The van der Waals surface area contributed by atoms with Crippen LogP contribution in [0.1, 0.15) is 40.2 Å². The van der Waals surface area contributed by atoms with Gasteiger partial charge in [0.05, 0.1) is 0 Å². The van der Waals surface area contributed by atoms with E-state index in [1.165, 1.54) is 5.56 Å². The van der Waals surface area contributed by atoms with E-state index in [1.54, 1.807) is 11.8 Å². The molecule has 5 heteroatoms. The van der Waals surface area contributed by atoms with Crippen molar-refractivity contribution >= 4 is 36.6 Å². The van der Waals surface area contributed by atoms with E-state index in [2.05, 4.69) is 76.9 Å². The van der Waals surface area contributed by atoms with Crippen LogP contribution in [-0.2, 0) is 5.75 Å². The molecule has 1 aromatic carbocycles. The van der Waals surface area contributed by atoms with Crippen LogP contribution in [0.15, 0.2) is 24.3 Å². The molecule has 1 rings (SSSR count). The monoisotopic (exact) mass is 369 g/mol. The third-order valence-corrected chi connectivity index (χ3v) is 10.4. The predicted molar refractivity (Wildman–Crippen MR) is 111 cm³/mol. The first kappa shape index (κ1) is 20.5. The fraction of sp³-hybridized carbons (Fsp3) is 0.611. The van der Waals surface area contributed by atoms with Crippen molar-refractivity contribution in [2.45, 2.75) is 58.5 Å². The zero-order valence-electron chi connectivity index (χ0n) is 15.6. The zero-order chi connectivity index (χ0) is 17.7. The van der Waals surface area contributed by atoms with Crippen LogP contribution in [0.25, 0.3) is 0 Å². The van der Waals surface area contributed by atoms with E-state index >= 15 is 0 Å². The minimum Gasteiger partial charge on any atom is -0.544 e. The quantitative estimate of drug-likeness (QED) is 0.455. The van der Waals surface area contributed by atoms with Gasteiger partial charge in [-0.1, -0.05) is 56.9 Å². The van der Waals surface area contributed by atoms with Crippen molar-refractivity contribution in [2.24, 2.45) is 0 Å². The Morgan fingerprint density at radius 2 is 1.65 bits per heavy atom. The van der Waals surface area contributed by atoms with Gasteiger partial charge in [0, 0.05) is 18.8 Å². The molecule has 0 spiro atoms. The number of rotatable bonds is 6. The average Bonchev–Trinajstić information content (AvgIpc) is 2.46. The lowest BCUT2D eigenvalue weighted by molar-refractivity contribution is 0.482. The Kier molecular flexibility index (Phi) is 7.62. The van der Waals surface area contributed by atoms with E-state index < -0.39 is 8.32 Å². The maximum atomic E-state index is 6.32. The van der Waals surface area contributed by atoms with Crippen LogP contribution in [0.4, 0.5) is 0 Å². The summed E-state index contributed by atoms with van der Waals surface area (Å²) in [5.74, 6) is 1.90. The lowest BCUT2D eigenvalue weighted by Crippen LogP contribution is -2.43. The highest BCUT2D eigenvalue weighted by atomic mass is 32.2. The van der Waals surface area contributed by atoms with Gasteiger partial charge in [-0.25, -0.2) is 0 Å². The maximum absolute atomic E-state index is 6.32. The van der Waals surface area contributed by atoms with E-state index in [-0.39, 0.29) is 5.04 Å². The first-order valence-corrected chi connectivity index (χ1v) is 12.6. The molecule has 0 aromatic heterocycles. The summed E-state index contributed by atoms with van der Waals surface area (Å²) < 4.78 is 7.30. The highest BCUT2D eigenvalue weighted by Crippen LogP contribution is 2.37. The first-order valence-electron chi connectivity index (χ1n) is 8.30. The van der Waals surface area contributed by atoms with Crippen LogP contribution >= 0.6 is 24.0 Å². The van der Waals surface area contributed by atoms with Crippen LogP contribution in [0, 0.1) is 0 Å². The molecule has 1 aromatic rings. The zero-order valence-corrected chi connectivity index (χ0v) is 18.2. The van der Waals surface area contributed by atoms with Gasteiger partial charge in [-0.15, -0.1) is 0 Å². The minimum atomic E-state index is -1.76. The highest BCUT2D eigenvalue weighted by Gasteiger charge is 2.38. The second kappa shape index (κ2) is 8.54. The van der Waals surface area contributed by atoms with Gasteiger partial charge in [0.25, 0.3) is 0 Å². The van der Waals surface area contributed by atoms with Crippen molar-refractivity contribution in [3.05, 3.63) is 29.8 Å². The van der Waals surface area contributed by atoms with E-state index in [4.69, 9.17) is 16.6 Å². The summed E-state index contributed by atoms with van der Waals surface area (Å²) >= 11 is 7.22. The molecule has 0 aliphatic carbocycles. The molecule has 130 valence electrons. The molecule has 0 N–H and O–H groups in total. The SMILES string of the molecule is CCN(CC)C(=S)SCc1ccc(O[Si](C)(C)C(C)(C)C)cc1. The van der Waals surface area contributed by atoms with Gasteiger partial charge in [-0.05, 0) is 49.7 Å². The van der Waals surface area contributed by atoms with Gasteiger partial charge in [0.2, 0.25) is 8.32 Å². The van der Waals surface area contributed by atoms with Crippen molar-refractivity contribution in [2.75, 3.05) is 13.1 Å². The summed E-state index contributed by atoms with van der Waals surface area (Å²) in [6.07, 6.45) is 0. The summed E-state index contributed by atoms with van der Waals surface area (Å²) in [5.41, 5.74) is 1.28. The number of thioether (sulfide) groups is 1. The fourth-order valence-electron chi connectivity index (χ4n) is 1.82. The van der Waals surface area contributed by atoms with Crippen molar-refractivity contribution in [1.29, 1.82) is 0 Å². The number of hydrogen-bond donors (Lipinski definition) is 0. The largest absolute Gasteiger partial charge is 0.544 e.